The molecule has 2 aromatic carbocycles. The summed E-state index contributed by atoms with van der Waals surface area (Å²) in [6.45, 7) is 2.28. The highest BCUT2D eigenvalue weighted by Crippen LogP contribution is 2.33. The molecule has 2 amide bonds. The Kier molecular flexibility index (Phi) is 5.51. The van der Waals surface area contributed by atoms with Crippen LogP contribution in [0.15, 0.2) is 47.4 Å². The van der Waals surface area contributed by atoms with Gasteiger partial charge in [0.1, 0.15) is 0 Å². The van der Waals surface area contributed by atoms with Crippen LogP contribution in [0.4, 0.5) is 19.6 Å². The summed E-state index contributed by atoms with van der Waals surface area (Å²) in [4.78, 5) is 31.4. The molecule has 150 valence electrons. The van der Waals surface area contributed by atoms with Gasteiger partial charge in [0.25, 0.3) is 5.76 Å². The molecular formula is C20H17F2N3O2S2. The number of fused-ring (bicyclic) bond motifs is 1. The van der Waals surface area contributed by atoms with Crippen molar-refractivity contribution in [3.63, 3.8) is 0 Å². The van der Waals surface area contributed by atoms with Crippen LogP contribution in [0.5, 0.6) is 0 Å². The van der Waals surface area contributed by atoms with Crippen molar-refractivity contribution in [3.05, 3.63) is 48.0 Å². The van der Waals surface area contributed by atoms with Gasteiger partial charge in [-0.15, -0.1) is 0 Å². The average Bonchev–Trinajstić information content (AvgIpc) is 3.24. The molecule has 0 aliphatic carbocycles. The van der Waals surface area contributed by atoms with Crippen molar-refractivity contribution in [3.8, 4) is 0 Å². The third-order valence-corrected chi connectivity index (χ3v) is 6.29. The zero-order chi connectivity index (χ0) is 20.5. The monoisotopic (exact) mass is 433 g/mol. The third-order valence-electron chi connectivity index (χ3n) is 4.66. The molecule has 1 aromatic heterocycles. The first kappa shape index (κ1) is 19.8. The summed E-state index contributed by atoms with van der Waals surface area (Å²) in [6.07, 6.45) is 0.139. The molecule has 9 heteroatoms. The quantitative estimate of drug-likeness (QED) is 0.581. The van der Waals surface area contributed by atoms with Crippen molar-refractivity contribution in [1.82, 2.24) is 4.98 Å². The SMILES string of the molecule is Cc1ccc(N2C[C@@H](C(=O)Nc3nc4ccc(SC(F)F)cc4s3)CC2=O)cc1. The first-order valence-electron chi connectivity index (χ1n) is 8.92. The van der Waals surface area contributed by atoms with Crippen LogP contribution in [-0.4, -0.2) is 29.1 Å². The van der Waals surface area contributed by atoms with E-state index in [0.29, 0.717) is 33.9 Å². The third kappa shape index (κ3) is 4.40. The van der Waals surface area contributed by atoms with Crippen molar-refractivity contribution in [1.29, 1.82) is 0 Å². The van der Waals surface area contributed by atoms with Crippen molar-refractivity contribution < 1.29 is 18.4 Å². The topological polar surface area (TPSA) is 62.3 Å². The molecule has 1 aliphatic rings. The number of thioether (sulfide) groups is 1. The van der Waals surface area contributed by atoms with Crippen LogP contribution >= 0.6 is 23.1 Å². The Morgan fingerprint density at radius 2 is 2.03 bits per heavy atom. The number of hydrogen-bond donors (Lipinski definition) is 1. The second kappa shape index (κ2) is 8.08. The van der Waals surface area contributed by atoms with Gasteiger partial charge >= 0.3 is 0 Å². The standard InChI is InChI=1S/C20H17F2N3O2S2/c1-11-2-4-13(5-3-11)25-10-12(8-17(25)26)18(27)24-20-23-15-7-6-14(28-19(21)22)9-16(15)29-20/h2-7,9,12,19H,8,10H2,1H3,(H,23,24,27)/t12-/m0/s1. The summed E-state index contributed by atoms with van der Waals surface area (Å²) in [7, 11) is 0. The molecule has 4 rings (SSSR count). The maximum Gasteiger partial charge on any atom is 0.288 e. The number of amides is 2. The van der Waals surface area contributed by atoms with Crippen LogP contribution in [0.3, 0.4) is 0 Å². The molecule has 0 spiro atoms. The van der Waals surface area contributed by atoms with E-state index < -0.39 is 11.7 Å². The number of nitrogens with one attached hydrogen (secondary N) is 1. The molecule has 5 nitrogen and oxygen atoms in total. The van der Waals surface area contributed by atoms with Crippen LogP contribution in [0.2, 0.25) is 0 Å². The van der Waals surface area contributed by atoms with Crippen molar-refractivity contribution in [2.24, 2.45) is 5.92 Å². The Bertz CT molecular complexity index is 1070. The van der Waals surface area contributed by atoms with Crippen LogP contribution in [0.25, 0.3) is 10.2 Å². The Hall–Kier alpha value is -2.52. The fraction of sp³-hybridized carbons (Fsp3) is 0.250. The molecule has 1 fully saturated rings. The number of benzene rings is 2. The number of thiazole rings is 1. The number of hydrogen-bond acceptors (Lipinski definition) is 5. The van der Waals surface area contributed by atoms with Crippen LogP contribution < -0.4 is 10.2 Å². The Morgan fingerprint density at radius 3 is 2.76 bits per heavy atom. The Morgan fingerprint density at radius 1 is 1.28 bits per heavy atom. The minimum Gasteiger partial charge on any atom is -0.312 e. The number of anilines is 2. The predicted octanol–water partition coefficient (Wildman–Crippen LogP) is 4.91. The second-order valence-electron chi connectivity index (χ2n) is 6.76. The zero-order valence-corrected chi connectivity index (χ0v) is 17.0. The molecule has 2 heterocycles. The zero-order valence-electron chi connectivity index (χ0n) is 15.4. The molecule has 29 heavy (non-hydrogen) atoms. The highest BCUT2D eigenvalue weighted by atomic mass is 32.2. The minimum atomic E-state index is -2.49. The van der Waals surface area contributed by atoms with Gasteiger partial charge in [0.2, 0.25) is 11.8 Å². The van der Waals surface area contributed by atoms with E-state index in [9.17, 15) is 18.4 Å². The largest absolute Gasteiger partial charge is 0.312 e. The molecular weight excluding hydrogens is 416 g/mol. The van der Waals surface area contributed by atoms with Gasteiger partial charge in [-0.1, -0.05) is 40.8 Å². The molecule has 0 bridgehead atoms. The summed E-state index contributed by atoms with van der Waals surface area (Å²) in [5.74, 6) is -3.32. The van der Waals surface area contributed by atoms with Gasteiger partial charge in [0, 0.05) is 23.5 Å². The lowest BCUT2D eigenvalue weighted by molar-refractivity contribution is -0.122. The van der Waals surface area contributed by atoms with Crippen LogP contribution in [0, 0.1) is 12.8 Å². The predicted molar refractivity (Wildman–Crippen MR) is 112 cm³/mol. The van der Waals surface area contributed by atoms with E-state index in [1.54, 1.807) is 23.1 Å². The molecule has 1 saturated heterocycles. The minimum absolute atomic E-state index is 0.0908. The van der Waals surface area contributed by atoms with Crippen molar-refractivity contribution in [2.75, 3.05) is 16.8 Å². The maximum atomic E-state index is 12.7. The molecule has 0 saturated carbocycles. The normalized spacial score (nSPS) is 16.8. The van der Waals surface area contributed by atoms with Crippen molar-refractivity contribution >= 4 is 55.9 Å². The van der Waals surface area contributed by atoms with Crippen LogP contribution in [-0.2, 0) is 9.59 Å². The summed E-state index contributed by atoms with van der Waals surface area (Å²) in [5, 5.41) is 3.16. The van der Waals surface area contributed by atoms with Crippen LogP contribution in [0.1, 0.15) is 12.0 Å². The van der Waals surface area contributed by atoms with Gasteiger partial charge in [-0.25, -0.2) is 4.98 Å². The fourth-order valence-corrected chi connectivity index (χ4v) is 4.72. The Labute approximate surface area is 174 Å². The number of nitrogens with zero attached hydrogens (tertiary/aromatic N) is 2. The maximum absolute atomic E-state index is 12.7. The van der Waals surface area contributed by atoms with Gasteiger partial charge in [-0.05, 0) is 37.3 Å². The van der Waals surface area contributed by atoms with E-state index in [4.69, 9.17) is 0 Å². The highest BCUT2D eigenvalue weighted by Gasteiger charge is 2.35. The summed E-state index contributed by atoms with van der Waals surface area (Å²) in [6, 6.07) is 12.5. The molecule has 1 N–H and O–H groups in total. The smallest absolute Gasteiger partial charge is 0.288 e. The molecule has 0 radical (unpaired) electrons. The van der Waals surface area contributed by atoms with E-state index >= 15 is 0 Å². The Balaban J connectivity index is 1.45. The van der Waals surface area contributed by atoms with E-state index in [2.05, 4.69) is 10.3 Å². The molecule has 0 unspecified atom stereocenters. The lowest BCUT2D eigenvalue weighted by Crippen LogP contribution is -2.28. The summed E-state index contributed by atoms with van der Waals surface area (Å²) < 4.78 is 25.8. The second-order valence-corrected chi connectivity index (χ2v) is 8.85. The van der Waals surface area contributed by atoms with E-state index in [1.165, 1.54) is 11.3 Å². The van der Waals surface area contributed by atoms with Gasteiger partial charge < -0.3 is 10.2 Å². The average molecular weight is 434 g/mol. The lowest BCUT2D eigenvalue weighted by Gasteiger charge is -2.16. The summed E-state index contributed by atoms with van der Waals surface area (Å²) in [5.41, 5.74) is 2.51. The van der Waals surface area contributed by atoms with Gasteiger partial charge in [-0.2, -0.15) is 8.78 Å². The van der Waals surface area contributed by atoms with Gasteiger partial charge in [0.05, 0.1) is 16.1 Å². The van der Waals surface area contributed by atoms with Gasteiger partial charge in [-0.3, -0.25) is 9.59 Å². The van der Waals surface area contributed by atoms with Gasteiger partial charge in [0.15, 0.2) is 5.13 Å². The number of alkyl halides is 2. The first-order valence-corrected chi connectivity index (χ1v) is 10.6. The fourth-order valence-electron chi connectivity index (χ4n) is 3.20. The number of rotatable bonds is 5. The van der Waals surface area contributed by atoms with E-state index in [0.717, 1.165) is 16.0 Å². The number of aromatic nitrogens is 1. The van der Waals surface area contributed by atoms with Crippen molar-refractivity contribution in [2.45, 2.75) is 24.0 Å². The molecule has 3 aromatic rings. The summed E-state index contributed by atoms with van der Waals surface area (Å²) >= 11 is 1.70. The van der Waals surface area contributed by atoms with E-state index in [1.807, 2.05) is 31.2 Å². The molecule has 1 aliphatic heterocycles. The first-order chi connectivity index (χ1) is 13.9. The highest BCUT2D eigenvalue weighted by molar-refractivity contribution is 7.99. The number of halogens is 2. The van der Waals surface area contributed by atoms with E-state index in [-0.39, 0.29) is 18.2 Å². The molecule has 1 atom stereocenters. The number of aryl methyl sites for hydroxylation is 1. The lowest BCUT2D eigenvalue weighted by atomic mass is 10.1. The number of carbonyl (C=O) groups excluding carboxylic acids is 2. The number of carbonyl (C=O) groups is 2.